The summed E-state index contributed by atoms with van der Waals surface area (Å²) in [4.78, 5) is 0. The normalized spacial score (nSPS) is 11.2. The number of rotatable bonds is 12. The second-order valence-corrected chi connectivity index (χ2v) is 9.47. The van der Waals surface area contributed by atoms with Crippen molar-refractivity contribution in [2.24, 2.45) is 0 Å². The lowest BCUT2D eigenvalue weighted by molar-refractivity contribution is 0.134. The third-order valence-electron chi connectivity index (χ3n) is 5.00. The van der Waals surface area contributed by atoms with Crippen molar-refractivity contribution in [2.45, 2.75) is 40.6 Å². The zero-order valence-electron chi connectivity index (χ0n) is 18.8. The van der Waals surface area contributed by atoms with E-state index >= 15 is 0 Å². The van der Waals surface area contributed by atoms with E-state index in [1.807, 2.05) is 20.8 Å². The molecule has 3 aromatic rings. The van der Waals surface area contributed by atoms with Crippen molar-refractivity contribution < 1.29 is 14.2 Å². The van der Waals surface area contributed by atoms with Gasteiger partial charge in [-0.25, -0.2) is 0 Å². The molecule has 3 nitrogen and oxygen atoms in total. The van der Waals surface area contributed by atoms with Crippen molar-refractivity contribution in [2.75, 3.05) is 19.8 Å². The molecule has 164 valence electrons. The van der Waals surface area contributed by atoms with Crippen LogP contribution in [0.2, 0.25) is 0 Å². The minimum Gasteiger partial charge on any atom is -0.377 e. The molecule has 0 aromatic heterocycles. The maximum atomic E-state index is 5.56. The largest absolute Gasteiger partial charge is 0.377 e. The lowest BCUT2D eigenvalue weighted by atomic mass is 10.2. The first-order chi connectivity index (χ1) is 15.2. The molecular formula is C27H33O3P. The maximum Gasteiger partial charge on any atom is 0.0716 e. The predicted octanol–water partition coefficient (Wildman–Crippen LogP) is 5.05. The lowest BCUT2D eigenvalue weighted by Gasteiger charge is -2.20. The Bertz CT molecular complexity index is 767. The van der Waals surface area contributed by atoms with Gasteiger partial charge in [-0.3, -0.25) is 0 Å². The molecule has 0 saturated heterocycles. The Kier molecular flexibility index (Phi) is 9.71. The average molecular weight is 437 g/mol. The Hall–Kier alpha value is -2.03. The molecule has 31 heavy (non-hydrogen) atoms. The second-order valence-electron chi connectivity index (χ2n) is 7.25. The molecule has 0 unspecified atom stereocenters. The van der Waals surface area contributed by atoms with Gasteiger partial charge in [0.2, 0.25) is 0 Å². The van der Waals surface area contributed by atoms with Crippen LogP contribution in [0.3, 0.4) is 0 Å². The molecule has 0 spiro atoms. The van der Waals surface area contributed by atoms with Gasteiger partial charge in [0.15, 0.2) is 0 Å². The molecule has 0 atom stereocenters. The zero-order valence-corrected chi connectivity index (χ0v) is 19.7. The summed E-state index contributed by atoms with van der Waals surface area (Å²) in [5, 5.41) is 4.01. The Balaban J connectivity index is 1.90. The fourth-order valence-corrected chi connectivity index (χ4v) is 5.57. The molecule has 0 fully saturated rings. The van der Waals surface area contributed by atoms with E-state index in [4.69, 9.17) is 14.2 Å². The van der Waals surface area contributed by atoms with E-state index < -0.39 is 7.92 Å². The smallest absolute Gasteiger partial charge is 0.0716 e. The third kappa shape index (κ3) is 6.98. The summed E-state index contributed by atoms with van der Waals surface area (Å²) in [5.74, 6) is 0. The zero-order chi connectivity index (χ0) is 21.9. The molecule has 0 radical (unpaired) electrons. The number of benzene rings is 3. The van der Waals surface area contributed by atoms with Crippen LogP contribution in [-0.4, -0.2) is 19.8 Å². The molecule has 0 bridgehead atoms. The molecule has 0 heterocycles. The molecule has 4 heteroatoms. The lowest BCUT2D eigenvalue weighted by Crippen LogP contribution is -2.21. The van der Waals surface area contributed by atoms with Crippen LogP contribution in [0, 0.1) is 0 Å². The molecule has 0 amide bonds. The van der Waals surface area contributed by atoms with Gasteiger partial charge < -0.3 is 14.2 Å². The van der Waals surface area contributed by atoms with E-state index in [1.165, 1.54) is 32.6 Å². The van der Waals surface area contributed by atoms with Gasteiger partial charge in [-0.15, -0.1) is 0 Å². The Morgan fingerprint density at radius 2 is 0.710 bits per heavy atom. The highest BCUT2D eigenvalue weighted by atomic mass is 31.1. The van der Waals surface area contributed by atoms with Gasteiger partial charge in [-0.1, -0.05) is 72.8 Å². The fraction of sp³-hybridized carbons (Fsp3) is 0.333. The monoisotopic (exact) mass is 436 g/mol. The van der Waals surface area contributed by atoms with Gasteiger partial charge in [-0.05, 0) is 61.3 Å². The minimum absolute atomic E-state index is 0.644. The van der Waals surface area contributed by atoms with E-state index in [0.29, 0.717) is 19.8 Å². The van der Waals surface area contributed by atoms with Gasteiger partial charge in [0.1, 0.15) is 0 Å². The van der Waals surface area contributed by atoms with Crippen LogP contribution >= 0.6 is 7.92 Å². The van der Waals surface area contributed by atoms with E-state index in [0.717, 1.165) is 19.8 Å². The van der Waals surface area contributed by atoms with Crippen molar-refractivity contribution in [3.63, 3.8) is 0 Å². The summed E-state index contributed by atoms with van der Waals surface area (Å²) in [6, 6.07) is 26.6. The van der Waals surface area contributed by atoms with Gasteiger partial charge >= 0.3 is 0 Å². The highest BCUT2D eigenvalue weighted by Crippen LogP contribution is 2.33. The summed E-state index contributed by atoms with van der Waals surface area (Å²) in [6.07, 6.45) is 0. The van der Waals surface area contributed by atoms with Crippen molar-refractivity contribution in [1.29, 1.82) is 0 Å². The van der Waals surface area contributed by atoms with Crippen LogP contribution in [0.4, 0.5) is 0 Å². The molecule has 0 saturated carbocycles. The SMILES string of the molecule is CCOCc1ccc(P(c2ccc(COCC)cc2)c2ccc(COCC)cc2)cc1. The summed E-state index contributed by atoms with van der Waals surface area (Å²) in [6.45, 7) is 10.3. The van der Waals surface area contributed by atoms with E-state index in [2.05, 4.69) is 72.8 Å². The van der Waals surface area contributed by atoms with Crippen molar-refractivity contribution in [1.82, 2.24) is 0 Å². The van der Waals surface area contributed by atoms with E-state index in [-0.39, 0.29) is 0 Å². The molecular weight excluding hydrogens is 403 g/mol. The first-order valence-electron chi connectivity index (χ1n) is 11.0. The summed E-state index contributed by atoms with van der Waals surface area (Å²) in [7, 11) is -0.644. The fourth-order valence-electron chi connectivity index (χ4n) is 3.33. The maximum absolute atomic E-state index is 5.56. The highest BCUT2D eigenvalue weighted by molar-refractivity contribution is 7.79. The van der Waals surface area contributed by atoms with Crippen LogP contribution in [0.25, 0.3) is 0 Å². The van der Waals surface area contributed by atoms with E-state index in [1.54, 1.807) is 0 Å². The topological polar surface area (TPSA) is 27.7 Å². The van der Waals surface area contributed by atoms with Crippen molar-refractivity contribution in [3.8, 4) is 0 Å². The summed E-state index contributed by atoms with van der Waals surface area (Å²) < 4.78 is 16.7. The highest BCUT2D eigenvalue weighted by Gasteiger charge is 2.17. The standard InChI is InChI=1S/C27H33O3P/c1-4-28-19-22-7-13-25(14-8-22)31(26-15-9-23(10-16-26)20-29-5-2)27-17-11-24(12-18-27)21-30-6-3/h7-18H,4-6,19-21H2,1-3H3. The van der Waals surface area contributed by atoms with Gasteiger partial charge in [0.05, 0.1) is 19.8 Å². The Morgan fingerprint density at radius 3 is 0.935 bits per heavy atom. The molecule has 0 N–H and O–H groups in total. The quantitative estimate of drug-likeness (QED) is 0.372. The van der Waals surface area contributed by atoms with Crippen LogP contribution in [0.5, 0.6) is 0 Å². The number of ether oxygens (including phenoxy) is 3. The van der Waals surface area contributed by atoms with Gasteiger partial charge in [0.25, 0.3) is 0 Å². The molecule has 0 aliphatic rings. The first kappa shape index (κ1) is 23.6. The molecule has 3 aromatic carbocycles. The summed E-state index contributed by atoms with van der Waals surface area (Å²) >= 11 is 0. The predicted molar refractivity (Wildman–Crippen MR) is 131 cm³/mol. The third-order valence-corrected chi connectivity index (χ3v) is 7.45. The second kappa shape index (κ2) is 12.7. The van der Waals surface area contributed by atoms with Crippen LogP contribution in [0.1, 0.15) is 37.5 Å². The van der Waals surface area contributed by atoms with Crippen molar-refractivity contribution in [3.05, 3.63) is 89.5 Å². The average Bonchev–Trinajstić information content (AvgIpc) is 2.82. The number of hydrogen-bond acceptors (Lipinski definition) is 3. The minimum atomic E-state index is -0.644. The van der Waals surface area contributed by atoms with Gasteiger partial charge in [0, 0.05) is 19.8 Å². The van der Waals surface area contributed by atoms with Crippen LogP contribution < -0.4 is 15.9 Å². The molecule has 3 rings (SSSR count). The Labute approximate surface area is 188 Å². The molecule has 0 aliphatic carbocycles. The van der Waals surface area contributed by atoms with Crippen LogP contribution in [0.15, 0.2) is 72.8 Å². The van der Waals surface area contributed by atoms with E-state index in [9.17, 15) is 0 Å². The van der Waals surface area contributed by atoms with Crippen molar-refractivity contribution >= 4 is 23.8 Å². The Morgan fingerprint density at radius 1 is 0.452 bits per heavy atom. The molecule has 0 aliphatic heterocycles. The number of hydrogen-bond donors (Lipinski definition) is 0. The van der Waals surface area contributed by atoms with Crippen LogP contribution in [-0.2, 0) is 34.0 Å². The summed E-state index contributed by atoms with van der Waals surface area (Å²) in [5.41, 5.74) is 3.62. The van der Waals surface area contributed by atoms with Gasteiger partial charge in [-0.2, -0.15) is 0 Å². The first-order valence-corrected chi connectivity index (χ1v) is 12.4.